The first kappa shape index (κ1) is 13.6. The highest BCUT2D eigenvalue weighted by Crippen LogP contribution is 1.92. The van der Waals surface area contributed by atoms with Crippen LogP contribution in [0, 0.1) is 0 Å². The second kappa shape index (κ2) is 12.6. The molecule has 0 aromatic rings. The molecule has 0 unspecified atom stereocenters. The van der Waals surface area contributed by atoms with Crippen molar-refractivity contribution in [3.63, 3.8) is 0 Å². The van der Waals surface area contributed by atoms with E-state index in [1.165, 1.54) is 12.8 Å². The first-order valence-corrected chi connectivity index (χ1v) is 5.47. The van der Waals surface area contributed by atoms with Crippen molar-refractivity contribution in [2.24, 2.45) is 4.99 Å². The minimum absolute atomic E-state index is 1.02. The van der Waals surface area contributed by atoms with E-state index in [2.05, 4.69) is 36.2 Å². The highest BCUT2D eigenvalue weighted by molar-refractivity contribution is 5.71. The fraction of sp³-hybridized carbons (Fsp3) is 0.357. The summed E-state index contributed by atoms with van der Waals surface area (Å²) in [6, 6.07) is 0. The summed E-state index contributed by atoms with van der Waals surface area (Å²) in [7, 11) is 1.76. The van der Waals surface area contributed by atoms with Gasteiger partial charge in [0.1, 0.15) is 0 Å². The summed E-state index contributed by atoms with van der Waals surface area (Å²) in [6.07, 6.45) is 21.7. The molecule has 0 radical (unpaired) electrons. The van der Waals surface area contributed by atoms with E-state index in [0.29, 0.717) is 0 Å². The lowest BCUT2D eigenvalue weighted by atomic mass is 10.2. The van der Waals surface area contributed by atoms with Gasteiger partial charge in [-0.3, -0.25) is 4.99 Å². The van der Waals surface area contributed by atoms with Gasteiger partial charge in [-0.25, -0.2) is 0 Å². The van der Waals surface area contributed by atoms with Crippen LogP contribution in [0.2, 0.25) is 0 Å². The molecule has 0 N–H and O–H groups in total. The fourth-order valence-corrected chi connectivity index (χ4v) is 0.945. The summed E-state index contributed by atoms with van der Waals surface area (Å²) in [6.45, 7) is 2.19. The van der Waals surface area contributed by atoms with Gasteiger partial charge in [-0.15, -0.1) is 0 Å². The molecule has 0 fully saturated rings. The minimum Gasteiger partial charge on any atom is -0.297 e. The van der Waals surface area contributed by atoms with E-state index >= 15 is 0 Å². The van der Waals surface area contributed by atoms with E-state index in [4.69, 9.17) is 0 Å². The predicted octanol–water partition coefficient (Wildman–Crippen LogP) is 4.10. The standard InChI is InChI=1S/C14H21N/c1-3-4-5-6-7-8-9-10-11-12-13-14-15-2/h5-6,8-14H,3-4,7H2,1-2H3/b6-5+,9-8+,11-10+,13-12+,15-14+. The van der Waals surface area contributed by atoms with Crippen molar-refractivity contribution in [2.75, 3.05) is 7.05 Å². The number of allylic oxidation sites excluding steroid dienone is 8. The molecule has 0 aromatic carbocycles. The van der Waals surface area contributed by atoms with Crippen molar-refractivity contribution in [2.45, 2.75) is 26.2 Å². The molecule has 0 amide bonds. The molecule has 1 nitrogen and oxygen atoms in total. The van der Waals surface area contributed by atoms with Gasteiger partial charge in [0.05, 0.1) is 0 Å². The lowest BCUT2D eigenvalue weighted by Gasteiger charge is -1.82. The molecule has 0 aliphatic rings. The van der Waals surface area contributed by atoms with Crippen LogP contribution in [0.4, 0.5) is 0 Å². The summed E-state index contributed by atoms with van der Waals surface area (Å²) in [5.74, 6) is 0. The van der Waals surface area contributed by atoms with Crippen molar-refractivity contribution in [1.29, 1.82) is 0 Å². The zero-order valence-electron chi connectivity index (χ0n) is 9.76. The first-order valence-electron chi connectivity index (χ1n) is 5.47. The van der Waals surface area contributed by atoms with Crippen LogP contribution in [0.5, 0.6) is 0 Å². The summed E-state index contributed by atoms with van der Waals surface area (Å²) < 4.78 is 0. The summed E-state index contributed by atoms with van der Waals surface area (Å²) in [5.41, 5.74) is 0. The Morgan fingerprint density at radius 2 is 1.60 bits per heavy atom. The van der Waals surface area contributed by atoms with Gasteiger partial charge in [0.2, 0.25) is 0 Å². The fourth-order valence-electron chi connectivity index (χ4n) is 0.945. The summed E-state index contributed by atoms with van der Waals surface area (Å²) in [5, 5.41) is 0. The van der Waals surface area contributed by atoms with Crippen LogP contribution >= 0.6 is 0 Å². The molecular formula is C14H21N. The molecule has 0 spiro atoms. The second-order valence-corrected chi connectivity index (χ2v) is 3.10. The molecule has 82 valence electrons. The number of hydrogen-bond acceptors (Lipinski definition) is 1. The molecule has 0 saturated heterocycles. The number of unbranched alkanes of at least 4 members (excludes halogenated alkanes) is 1. The molecule has 15 heavy (non-hydrogen) atoms. The van der Waals surface area contributed by atoms with Crippen molar-refractivity contribution in [3.05, 3.63) is 48.6 Å². The lowest BCUT2D eigenvalue weighted by Crippen LogP contribution is -1.62. The summed E-state index contributed by atoms with van der Waals surface area (Å²) in [4.78, 5) is 3.84. The minimum atomic E-state index is 1.02. The van der Waals surface area contributed by atoms with Crippen LogP contribution < -0.4 is 0 Å². The van der Waals surface area contributed by atoms with Crippen LogP contribution in [0.15, 0.2) is 53.6 Å². The van der Waals surface area contributed by atoms with Gasteiger partial charge in [0, 0.05) is 13.3 Å². The molecule has 0 aliphatic carbocycles. The van der Waals surface area contributed by atoms with E-state index in [9.17, 15) is 0 Å². The third kappa shape index (κ3) is 12.6. The van der Waals surface area contributed by atoms with Crippen LogP contribution in [0.1, 0.15) is 26.2 Å². The van der Waals surface area contributed by atoms with Gasteiger partial charge >= 0.3 is 0 Å². The Kier molecular flexibility index (Phi) is 11.5. The van der Waals surface area contributed by atoms with Gasteiger partial charge in [0.25, 0.3) is 0 Å². The van der Waals surface area contributed by atoms with Crippen LogP contribution in [0.25, 0.3) is 0 Å². The first-order chi connectivity index (χ1) is 7.41. The van der Waals surface area contributed by atoms with E-state index in [1.54, 1.807) is 13.3 Å². The molecular weight excluding hydrogens is 182 g/mol. The van der Waals surface area contributed by atoms with Gasteiger partial charge in [-0.05, 0) is 18.9 Å². The maximum Gasteiger partial charge on any atom is 0.0277 e. The Hall–Kier alpha value is -1.37. The normalized spacial score (nSPS) is 13.5. The SMILES string of the molecule is CCC/C=C/C/C=C/C=C/C=C/C=N/C. The van der Waals surface area contributed by atoms with Gasteiger partial charge in [-0.2, -0.15) is 0 Å². The molecule has 1 heteroatoms. The van der Waals surface area contributed by atoms with Crippen molar-refractivity contribution >= 4 is 6.21 Å². The topological polar surface area (TPSA) is 12.4 Å². The molecule has 0 bridgehead atoms. The number of rotatable bonds is 7. The smallest absolute Gasteiger partial charge is 0.0277 e. The van der Waals surface area contributed by atoms with E-state index in [0.717, 1.165) is 6.42 Å². The highest BCUT2D eigenvalue weighted by atomic mass is 14.6. The van der Waals surface area contributed by atoms with E-state index in [1.807, 2.05) is 24.3 Å². The Bertz CT molecular complexity index is 255. The summed E-state index contributed by atoms with van der Waals surface area (Å²) >= 11 is 0. The highest BCUT2D eigenvalue weighted by Gasteiger charge is 1.71. The largest absolute Gasteiger partial charge is 0.297 e. The quantitative estimate of drug-likeness (QED) is 0.335. The third-order valence-corrected chi connectivity index (χ3v) is 1.71. The van der Waals surface area contributed by atoms with Crippen molar-refractivity contribution < 1.29 is 0 Å². The Labute approximate surface area is 93.6 Å². The predicted molar refractivity (Wildman–Crippen MR) is 70.5 cm³/mol. The molecule has 0 aromatic heterocycles. The lowest BCUT2D eigenvalue weighted by molar-refractivity contribution is 0.954. The van der Waals surface area contributed by atoms with Crippen molar-refractivity contribution in [3.8, 4) is 0 Å². The zero-order valence-corrected chi connectivity index (χ0v) is 9.76. The van der Waals surface area contributed by atoms with Gasteiger partial charge in [-0.1, -0.05) is 55.9 Å². The number of aliphatic imine (C=N–C) groups is 1. The third-order valence-electron chi connectivity index (χ3n) is 1.71. The average Bonchev–Trinajstić information content (AvgIpc) is 2.26. The maximum absolute atomic E-state index is 3.84. The van der Waals surface area contributed by atoms with Gasteiger partial charge < -0.3 is 0 Å². The monoisotopic (exact) mass is 203 g/mol. The Morgan fingerprint density at radius 1 is 0.867 bits per heavy atom. The van der Waals surface area contributed by atoms with E-state index < -0.39 is 0 Å². The molecule has 0 heterocycles. The van der Waals surface area contributed by atoms with Crippen LogP contribution in [-0.4, -0.2) is 13.3 Å². The van der Waals surface area contributed by atoms with Crippen LogP contribution in [-0.2, 0) is 0 Å². The molecule has 0 rings (SSSR count). The van der Waals surface area contributed by atoms with E-state index in [-0.39, 0.29) is 0 Å². The second-order valence-electron chi connectivity index (χ2n) is 3.10. The Balaban J connectivity index is 3.53. The molecule has 0 saturated carbocycles. The Morgan fingerprint density at radius 3 is 2.33 bits per heavy atom. The zero-order chi connectivity index (χ0) is 11.2. The maximum atomic E-state index is 3.84. The number of nitrogens with zero attached hydrogens (tertiary/aromatic N) is 1. The van der Waals surface area contributed by atoms with Gasteiger partial charge in [0.15, 0.2) is 0 Å². The molecule has 0 atom stereocenters. The van der Waals surface area contributed by atoms with Crippen molar-refractivity contribution in [1.82, 2.24) is 0 Å². The number of hydrogen-bond donors (Lipinski definition) is 0. The van der Waals surface area contributed by atoms with Crippen LogP contribution in [0.3, 0.4) is 0 Å². The average molecular weight is 203 g/mol. The molecule has 0 aliphatic heterocycles.